The summed E-state index contributed by atoms with van der Waals surface area (Å²) >= 11 is 0. The van der Waals surface area contributed by atoms with Gasteiger partial charge in [0.15, 0.2) is 0 Å². The summed E-state index contributed by atoms with van der Waals surface area (Å²) in [6.45, 7) is 6.24. The van der Waals surface area contributed by atoms with Gasteiger partial charge in [-0.1, -0.05) is 0 Å². The van der Waals surface area contributed by atoms with Crippen LogP contribution >= 0.6 is 0 Å². The number of carbonyl (C=O) groups is 2. The first-order valence-electron chi connectivity index (χ1n) is 6.79. The van der Waals surface area contributed by atoms with E-state index in [1.165, 1.54) is 0 Å². The Morgan fingerprint density at radius 3 is 2.75 bits per heavy atom. The van der Waals surface area contributed by atoms with E-state index in [0.717, 1.165) is 29.8 Å². The number of aryl methyl sites for hydroxylation is 2. The van der Waals surface area contributed by atoms with Gasteiger partial charge in [-0.15, -0.1) is 0 Å². The highest BCUT2D eigenvalue weighted by molar-refractivity contribution is 5.86. The summed E-state index contributed by atoms with van der Waals surface area (Å²) in [6.07, 6.45) is 1.86. The van der Waals surface area contributed by atoms with Crippen molar-refractivity contribution in [2.24, 2.45) is 5.73 Å². The SMILES string of the molecule is Cc1n[nH]c(C)c1C1CCCN1C(=O)C(C)NC(N)=O. The second-order valence-corrected chi connectivity index (χ2v) is 5.27. The number of likely N-dealkylation sites (tertiary alicyclic amines) is 1. The molecule has 2 atom stereocenters. The maximum Gasteiger partial charge on any atom is 0.312 e. The number of nitrogens with two attached hydrogens (primary N) is 1. The largest absolute Gasteiger partial charge is 0.352 e. The number of aromatic nitrogens is 2. The molecule has 1 saturated heterocycles. The van der Waals surface area contributed by atoms with Gasteiger partial charge in [-0.2, -0.15) is 5.10 Å². The first-order chi connectivity index (χ1) is 9.41. The fourth-order valence-electron chi connectivity index (χ4n) is 2.91. The fourth-order valence-corrected chi connectivity index (χ4v) is 2.91. The summed E-state index contributed by atoms with van der Waals surface area (Å²) in [7, 11) is 0. The topological polar surface area (TPSA) is 104 Å². The molecule has 1 fully saturated rings. The van der Waals surface area contributed by atoms with E-state index < -0.39 is 12.1 Å². The normalized spacial score (nSPS) is 19.9. The standard InChI is InChI=1S/C13H21N5O2/c1-7-11(8(2)17-16-7)10-5-4-6-18(10)12(19)9(3)15-13(14)20/h9-10H,4-6H2,1-3H3,(H,16,17)(H3,14,15,20). The van der Waals surface area contributed by atoms with Gasteiger partial charge in [0.2, 0.25) is 5.91 Å². The molecule has 0 spiro atoms. The van der Waals surface area contributed by atoms with Crippen LogP contribution in [0.1, 0.15) is 42.8 Å². The smallest absolute Gasteiger partial charge is 0.312 e. The average Bonchev–Trinajstić information content (AvgIpc) is 2.94. The van der Waals surface area contributed by atoms with Crippen molar-refractivity contribution in [3.8, 4) is 0 Å². The molecule has 1 aliphatic heterocycles. The Morgan fingerprint density at radius 1 is 1.50 bits per heavy atom. The lowest BCUT2D eigenvalue weighted by Crippen LogP contribution is -2.48. The lowest BCUT2D eigenvalue weighted by molar-refractivity contribution is -0.133. The molecule has 4 N–H and O–H groups in total. The molecule has 1 aromatic heterocycles. The van der Waals surface area contributed by atoms with Crippen molar-refractivity contribution in [3.63, 3.8) is 0 Å². The van der Waals surface area contributed by atoms with Gasteiger partial charge in [-0.25, -0.2) is 4.79 Å². The van der Waals surface area contributed by atoms with E-state index in [0.29, 0.717) is 6.54 Å². The summed E-state index contributed by atoms with van der Waals surface area (Å²) in [4.78, 5) is 25.1. The van der Waals surface area contributed by atoms with Crippen LogP contribution in [0.25, 0.3) is 0 Å². The third-order valence-corrected chi connectivity index (χ3v) is 3.78. The van der Waals surface area contributed by atoms with Crippen molar-refractivity contribution >= 4 is 11.9 Å². The number of hydrogen-bond donors (Lipinski definition) is 3. The lowest BCUT2D eigenvalue weighted by atomic mass is 10.0. The molecular formula is C13H21N5O2. The van der Waals surface area contributed by atoms with Crippen molar-refractivity contribution in [2.75, 3.05) is 6.54 Å². The van der Waals surface area contributed by atoms with Crippen LogP contribution in [0.2, 0.25) is 0 Å². The zero-order valence-electron chi connectivity index (χ0n) is 12.1. The maximum absolute atomic E-state index is 12.4. The zero-order chi connectivity index (χ0) is 14.9. The summed E-state index contributed by atoms with van der Waals surface area (Å²) < 4.78 is 0. The number of amides is 3. The van der Waals surface area contributed by atoms with Crippen LogP contribution in [0.15, 0.2) is 0 Å². The monoisotopic (exact) mass is 279 g/mol. The van der Waals surface area contributed by atoms with E-state index in [-0.39, 0.29) is 11.9 Å². The van der Waals surface area contributed by atoms with Crippen molar-refractivity contribution in [3.05, 3.63) is 17.0 Å². The minimum absolute atomic E-state index is 0.0263. The van der Waals surface area contributed by atoms with Crippen molar-refractivity contribution in [2.45, 2.75) is 45.7 Å². The van der Waals surface area contributed by atoms with E-state index >= 15 is 0 Å². The van der Waals surface area contributed by atoms with E-state index in [4.69, 9.17) is 5.73 Å². The van der Waals surface area contributed by atoms with Crippen molar-refractivity contribution in [1.29, 1.82) is 0 Å². The summed E-state index contributed by atoms with van der Waals surface area (Å²) in [5, 5.41) is 9.59. The van der Waals surface area contributed by atoms with Crippen LogP contribution in [0.3, 0.4) is 0 Å². The molecule has 0 radical (unpaired) electrons. The average molecular weight is 279 g/mol. The summed E-state index contributed by atoms with van der Waals surface area (Å²) in [5.41, 5.74) is 8.06. The number of nitrogens with one attached hydrogen (secondary N) is 2. The molecule has 2 unspecified atom stereocenters. The minimum atomic E-state index is -0.683. The van der Waals surface area contributed by atoms with Gasteiger partial charge in [0, 0.05) is 17.8 Å². The molecule has 0 aromatic carbocycles. The molecule has 0 saturated carbocycles. The Hall–Kier alpha value is -2.05. The molecule has 1 aliphatic rings. The van der Waals surface area contributed by atoms with E-state index in [1.54, 1.807) is 6.92 Å². The summed E-state index contributed by atoms with van der Waals surface area (Å²) in [5.74, 6) is -0.105. The first kappa shape index (κ1) is 14.4. The van der Waals surface area contributed by atoms with Gasteiger partial charge < -0.3 is 16.0 Å². The highest BCUT2D eigenvalue weighted by Crippen LogP contribution is 2.35. The van der Waals surface area contributed by atoms with Crippen LogP contribution in [-0.4, -0.2) is 39.6 Å². The number of H-pyrrole nitrogens is 1. The molecule has 1 aromatic rings. The van der Waals surface area contributed by atoms with Crippen LogP contribution in [0, 0.1) is 13.8 Å². The predicted octanol–water partition coefficient (Wildman–Crippen LogP) is 0.747. The van der Waals surface area contributed by atoms with Gasteiger partial charge in [-0.05, 0) is 33.6 Å². The predicted molar refractivity (Wildman–Crippen MR) is 73.9 cm³/mol. The zero-order valence-corrected chi connectivity index (χ0v) is 12.1. The number of carbonyl (C=O) groups excluding carboxylic acids is 2. The Bertz CT molecular complexity index is 505. The second kappa shape index (κ2) is 5.52. The Morgan fingerprint density at radius 2 is 2.20 bits per heavy atom. The number of primary amides is 1. The quantitative estimate of drug-likeness (QED) is 0.760. The number of hydrogen-bond acceptors (Lipinski definition) is 3. The first-order valence-corrected chi connectivity index (χ1v) is 6.79. The summed E-state index contributed by atoms with van der Waals surface area (Å²) in [6, 6.07) is -1.27. The van der Waals surface area contributed by atoms with E-state index in [9.17, 15) is 9.59 Å². The van der Waals surface area contributed by atoms with Gasteiger partial charge >= 0.3 is 6.03 Å². The van der Waals surface area contributed by atoms with E-state index in [1.807, 2.05) is 18.7 Å². The molecule has 3 amide bonds. The molecule has 7 heteroatoms. The van der Waals surface area contributed by atoms with Crippen LogP contribution < -0.4 is 11.1 Å². The number of urea groups is 1. The van der Waals surface area contributed by atoms with Crippen molar-refractivity contribution in [1.82, 2.24) is 20.4 Å². The number of rotatable bonds is 3. The highest BCUT2D eigenvalue weighted by Gasteiger charge is 2.35. The van der Waals surface area contributed by atoms with Gasteiger partial charge in [0.05, 0.1) is 11.7 Å². The molecule has 0 bridgehead atoms. The Kier molecular flexibility index (Phi) is 3.96. The van der Waals surface area contributed by atoms with Gasteiger partial charge in [0.25, 0.3) is 0 Å². The molecule has 7 nitrogen and oxygen atoms in total. The second-order valence-electron chi connectivity index (χ2n) is 5.27. The Balaban J connectivity index is 2.19. The number of aromatic amines is 1. The minimum Gasteiger partial charge on any atom is -0.352 e. The molecular weight excluding hydrogens is 258 g/mol. The maximum atomic E-state index is 12.4. The van der Waals surface area contributed by atoms with Gasteiger partial charge in [-0.3, -0.25) is 9.89 Å². The van der Waals surface area contributed by atoms with Crippen LogP contribution in [0.4, 0.5) is 4.79 Å². The molecule has 0 aliphatic carbocycles. The van der Waals surface area contributed by atoms with Crippen molar-refractivity contribution < 1.29 is 9.59 Å². The number of nitrogens with zero attached hydrogens (tertiary/aromatic N) is 2. The van der Waals surface area contributed by atoms with Crippen LogP contribution in [0.5, 0.6) is 0 Å². The Labute approximate surface area is 117 Å². The molecule has 110 valence electrons. The third kappa shape index (κ3) is 2.61. The molecule has 2 rings (SSSR count). The molecule has 20 heavy (non-hydrogen) atoms. The van der Waals surface area contributed by atoms with E-state index in [2.05, 4.69) is 15.5 Å². The third-order valence-electron chi connectivity index (χ3n) is 3.78. The fraction of sp³-hybridized carbons (Fsp3) is 0.615. The van der Waals surface area contributed by atoms with Crippen LogP contribution in [-0.2, 0) is 4.79 Å². The highest BCUT2D eigenvalue weighted by atomic mass is 16.2. The lowest BCUT2D eigenvalue weighted by Gasteiger charge is -2.28. The van der Waals surface area contributed by atoms with Gasteiger partial charge in [0.1, 0.15) is 6.04 Å². The molecule has 2 heterocycles.